The zero-order valence-corrected chi connectivity index (χ0v) is 13.2. The Bertz CT molecular complexity index is 549. The van der Waals surface area contributed by atoms with Crippen LogP contribution in [0.3, 0.4) is 0 Å². The van der Waals surface area contributed by atoms with Crippen molar-refractivity contribution in [3.63, 3.8) is 0 Å². The van der Waals surface area contributed by atoms with E-state index in [2.05, 4.69) is 18.8 Å². The van der Waals surface area contributed by atoms with Gasteiger partial charge in [0.15, 0.2) is 0 Å². The average Bonchev–Trinajstić information content (AvgIpc) is 2.36. The summed E-state index contributed by atoms with van der Waals surface area (Å²) in [6, 6.07) is 0. The topological polar surface area (TPSA) is 81.4 Å². The van der Waals surface area contributed by atoms with E-state index in [0.717, 1.165) is 11.3 Å². The summed E-state index contributed by atoms with van der Waals surface area (Å²) >= 11 is 0. The number of nitrogens with zero attached hydrogens (tertiary/aromatic N) is 2. The van der Waals surface area contributed by atoms with Crippen molar-refractivity contribution in [1.82, 2.24) is 9.55 Å². The molecule has 1 aromatic heterocycles. The standard InChI is InChI=1S/C15H24N2O4/c1-10(2)9-21-8-7-17-12(4)13(5-6-14(18)19)11(3)16-15(17)20/h10H,5-9H2,1-4H3,(H,18,19). The van der Waals surface area contributed by atoms with Gasteiger partial charge in [-0.3, -0.25) is 9.36 Å². The Balaban J connectivity index is 2.85. The third kappa shape index (κ3) is 5.30. The van der Waals surface area contributed by atoms with Gasteiger partial charge in [0.2, 0.25) is 0 Å². The molecule has 0 saturated heterocycles. The van der Waals surface area contributed by atoms with Gasteiger partial charge >= 0.3 is 11.7 Å². The fourth-order valence-electron chi connectivity index (χ4n) is 2.17. The van der Waals surface area contributed by atoms with E-state index in [0.29, 0.717) is 37.8 Å². The lowest BCUT2D eigenvalue weighted by molar-refractivity contribution is -0.136. The van der Waals surface area contributed by atoms with Gasteiger partial charge in [0.25, 0.3) is 0 Å². The summed E-state index contributed by atoms with van der Waals surface area (Å²) in [5, 5.41) is 8.80. The lowest BCUT2D eigenvalue weighted by atomic mass is 10.1. The van der Waals surface area contributed by atoms with Gasteiger partial charge in [0.05, 0.1) is 13.2 Å². The van der Waals surface area contributed by atoms with Gasteiger partial charge in [-0.2, -0.15) is 4.98 Å². The first-order chi connectivity index (χ1) is 9.82. The number of carbonyl (C=O) groups is 1. The van der Waals surface area contributed by atoms with Gasteiger partial charge in [-0.25, -0.2) is 4.79 Å². The van der Waals surface area contributed by atoms with E-state index in [4.69, 9.17) is 9.84 Å². The molecule has 0 atom stereocenters. The van der Waals surface area contributed by atoms with E-state index in [-0.39, 0.29) is 12.1 Å². The molecule has 118 valence electrons. The van der Waals surface area contributed by atoms with Gasteiger partial charge < -0.3 is 9.84 Å². The number of aromatic nitrogens is 2. The van der Waals surface area contributed by atoms with E-state index in [1.165, 1.54) is 0 Å². The van der Waals surface area contributed by atoms with Gasteiger partial charge in [-0.1, -0.05) is 13.8 Å². The third-order valence-corrected chi connectivity index (χ3v) is 3.27. The van der Waals surface area contributed by atoms with Crippen LogP contribution in [0, 0.1) is 19.8 Å². The van der Waals surface area contributed by atoms with Crippen LogP contribution in [0.15, 0.2) is 4.79 Å². The van der Waals surface area contributed by atoms with E-state index >= 15 is 0 Å². The lowest BCUT2D eigenvalue weighted by Crippen LogP contribution is -2.29. The number of rotatable bonds is 8. The summed E-state index contributed by atoms with van der Waals surface area (Å²) in [4.78, 5) is 26.7. The second-order valence-electron chi connectivity index (χ2n) is 5.56. The minimum atomic E-state index is -0.855. The van der Waals surface area contributed by atoms with Crippen molar-refractivity contribution in [3.8, 4) is 0 Å². The molecule has 1 rings (SSSR count). The molecule has 6 nitrogen and oxygen atoms in total. The predicted molar refractivity (Wildman–Crippen MR) is 79.6 cm³/mol. The summed E-state index contributed by atoms with van der Waals surface area (Å²) in [6.45, 7) is 9.23. The zero-order valence-electron chi connectivity index (χ0n) is 13.2. The van der Waals surface area contributed by atoms with E-state index in [1.54, 1.807) is 11.5 Å². The zero-order chi connectivity index (χ0) is 16.0. The molecular weight excluding hydrogens is 272 g/mol. The highest BCUT2D eigenvalue weighted by atomic mass is 16.5. The summed E-state index contributed by atoms with van der Waals surface area (Å²) < 4.78 is 7.06. The Morgan fingerprint density at radius 1 is 1.38 bits per heavy atom. The van der Waals surface area contributed by atoms with Crippen LogP contribution in [-0.4, -0.2) is 33.8 Å². The molecule has 0 aliphatic heterocycles. The summed E-state index contributed by atoms with van der Waals surface area (Å²) in [7, 11) is 0. The first-order valence-electron chi connectivity index (χ1n) is 7.19. The van der Waals surface area contributed by atoms with Crippen LogP contribution in [0.25, 0.3) is 0 Å². The Morgan fingerprint density at radius 2 is 2.05 bits per heavy atom. The number of ether oxygens (including phenoxy) is 1. The minimum Gasteiger partial charge on any atom is -0.481 e. The monoisotopic (exact) mass is 296 g/mol. The van der Waals surface area contributed by atoms with Crippen molar-refractivity contribution < 1.29 is 14.6 Å². The van der Waals surface area contributed by atoms with Crippen molar-refractivity contribution in [2.45, 2.75) is 47.1 Å². The lowest BCUT2D eigenvalue weighted by Gasteiger charge is -2.15. The number of aryl methyl sites for hydroxylation is 1. The van der Waals surface area contributed by atoms with Crippen LogP contribution in [0.4, 0.5) is 0 Å². The van der Waals surface area contributed by atoms with Crippen LogP contribution in [0.2, 0.25) is 0 Å². The van der Waals surface area contributed by atoms with Crippen molar-refractivity contribution in [3.05, 3.63) is 27.4 Å². The second-order valence-corrected chi connectivity index (χ2v) is 5.56. The molecule has 0 aliphatic rings. The summed E-state index contributed by atoms with van der Waals surface area (Å²) in [5.74, 6) is -0.406. The maximum Gasteiger partial charge on any atom is 0.348 e. The minimum absolute atomic E-state index is 0.0331. The smallest absolute Gasteiger partial charge is 0.348 e. The van der Waals surface area contributed by atoms with Crippen LogP contribution < -0.4 is 5.69 Å². The van der Waals surface area contributed by atoms with Crippen LogP contribution in [0.1, 0.15) is 37.2 Å². The normalized spacial score (nSPS) is 11.1. The Hall–Kier alpha value is -1.69. The quantitative estimate of drug-likeness (QED) is 0.736. The molecule has 0 radical (unpaired) electrons. The predicted octanol–water partition coefficient (Wildman–Crippen LogP) is 1.55. The van der Waals surface area contributed by atoms with Crippen LogP contribution in [-0.2, 0) is 22.5 Å². The highest BCUT2D eigenvalue weighted by Crippen LogP contribution is 2.12. The number of hydrogen-bond donors (Lipinski definition) is 1. The Kier molecular flexibility index (Phi) is 6.55. The molecule has 0 aliphatic carbocycles. The molecule has 0 spiro atoms. The summed E-state index contributed by atoms with van der Waals surface area (Å²) in [5.41, 5.74) is 1.91. The maximum atomic E-state index is 12.0. The molecule has 0 saturated carbocycles. The SMILES string of the molecule is Cc1nc(=O)n(CCOCC(C)C)c(C)c1CCC(=O)O. The van der Waals surface area contributed by atoms with Crippen molar-refractivity contribution in [1.29, 1.82) is 0 Å². The van der Waals surface area contributed by atoms with E-state index < -0.39 is 5.97 Å². The summed E-state index contributed by atoms with van der Waals surface area (Å²) in [6.07, 6.45) is 0.415. The van der Waals surface area contributed by atoms with Gasteiger partial charge in [0.1, 0.15) is 0 Å². The number of hydrogen-bond acceptors (Lipinski definition) is 4. The Labute approximate surface area is 124 Å². The van der Waals surface area contributed by atoms with Crippen molar-refractivity contribution in [2.24, 2.45) is 5.92 Å². The molecule has 1 aromatic rings. The van der Waals surface area contributed by atoms with Gasteiger partial charge in [-0.15, -0.1) is 0 Å². The molecule has 0 unspecified atom stereocenters. The molecule has 6 heteroatoms. The van der Waals surface area contributed by atoms with Crippen LogP contribution in [0.5, 0.6) is 0 Å². The van der Waals surface area contributed by atoms with Crippen molar-refractivity contribution >= 4 is 5.97 Å². The molecule has 0 amide bonds. The third-order valence-electron chi connectivity index (χ3n) is 3.27. The van der Waals surface area contributed by atoms with E-state index in [1.807, 2.05) is 6.92 Å². The molecule has 1 N–H and O–H groups in total. The fourth-order valence-corrected chi connectivity index (χ4v) is 2.17. The first kappa shape index (κ1) is 17.4. The van der Waals surface area contributed by atoms with Crippen molar-refractivity contribution in [2.75, 3.05) is 13.2 Å². The number of carboxylic acid groups (broad SMARTS) is 1. The molecule has 21 heavy (non-hydrogen) atoms. The highest BCUT2D eigenvalue weighted by Gasteiger charge is 2.12. The highest BCUT2D eigenvalue weighted by molar-refractivity contribution is 5.67. The average molecular weight is 296 g/mol. The fraction of sp³-hybridized carbons (Fsp3) is 0.667. The second kappa shape index (κ2) is 7.93. The van der Waals surface area contributed by atoms with Gasteiger partial charge in [-0.05, 0) is 31.7 Å². The van der Waals surface area contributed by atoms with Crippen LogP contribution >= 0.6 is 0 Å². The van der Waals surface area contributed by atoms with Gasteiger partial charge in [0, 0.05) is 24.4 Å². The molecule has 0 fully saturated rings. The van der Waals surface area contributed by atoms with E-state index in [9.17, 15) is 9.59 Å². The first-order valence-corrected chi connectivity index (χ1v) is 7.19. The Morgan fingerprint density at radius 3 is 2.62 bits per heavy atom. The molecular formula is C15H24N2O4. The maximum absolute atomic E-state index is 12.0. The molecule has 1 heterocycles. The largest absolute Gasteiger partial charge is 0.481 e. The molecule has 0 bridgehead atoms. The number of carboxylic acids is 1. The molecule has 0 aromatic carbocycles. The number of aliphatic carboxylic acids is 1.